The van der Waals surface area contributed by atoms with Crippen LogP contribution < -0.4 is 9.47 Å². The maximum Gasteiger partial charge on any atom is 0.213 e. The number of fused-ring (bicyclic) bond motifs is 3. The molecule has 3 aromatic rings. The molecule has 0 unspecified atom stereocenters. The molecular weight excluding hydrogens is 407 g/mol. The first kappa shape index (κ1) is 18.3. The highest BCUT2D eigenvalue weighted by Gasteiger charge is 2.41. The number of hydrogen-bond donors (Lipinski definition) is 0. The highest BCUT2D eigenvalue weighted by atomic mass is 35.5. The van der Waals surface area contributed by atoms with Crippen LogP contribution in [0.5, 0.6) is 11.5 Å². The SMILES string of the molecule is COc1ccc([C@H]2Oc3ccc(Cl)cc3[C@@H]3CC(c4ccc(Cl)cc4)=NN23)cc1. The van der Waals surface area contributed by atoms with Crippen molar-refractivity contribution in [3.05, 3.63) is 93.5 Å². The van der Waals surface area contributed by atoms with Gasteiger partial charge in [0.15, 0.2) is 0 Å². The van der Waals surface area contributed by atoms with Gasteiger partial charge >= 0.3 is 0 Å². The quantitative estimate of drug-likeness (QED) is 0.498. The Hall–Kier alpha value is -2.69. The molecule has 4 nitrogen and oxygen atoms in total. The van der Waals surface area contributed by atoms with Crippen LogP contribution in [0, 0.1) is 0 Å². The van der Waals surface area contributed by atoms with Crippen molar-refractivity contribution in [3.63, 3.8) is 0 Å². The Labute approximate surface area is 179 Å². The summed E-state index contributed by atoms with van der Waals surface area (Å²) in [6.45, 7) is 0. The van der Waals surface area contributed by atoms with Gasteiger partial charge in [-0.3, -0.25) is 0 Å². The Bertz CT molecular complexity index is 1080. The summed E-state index contributed by atoms with van der Waals surface area (Å²) in [5, 5.41) is 8.38. The van der Waals surface area contributed by atoms with Crippen molar-refractivity contribution in [1.29, 1.82) is 0 Å². The van der Waals surface area contributed by atoms with Gasteiger partial charge < -0.3 is 9.47 Å². The predicted octanol–water partition coefficient (Wildman–Crippen LogP) is 6.24. The van der Waals surface area contributed by atoms with Gasteiger partial charge in [0.25, 0.3) is 0 Å². The van der Waals surface area contributed by atoms with E-state index in [1.54, 1.807) is 7.11 Å². The topological polar surface area (TPSA) is 34.1 Å². The molecule has 0 radical (unpaired) electrons. The van der Waals surface area contributed by atoms with Gasteiger partial charge in [0.2, 0.25) is 6.23 Å². The summed E-state index contributed by atoms with van der Waals surface area (Å²) < 4.78 is 11.7. The van der Waals surface area contributed by atoms with Crippen molar-refractivity contribution >= 4 is 28.9 Å². The molecule has 3 aromatic carbocycles. The Morgan fingerprint density at radius 3 is 2.41 bits per heavy atom. The van der Waals surface area contributed by atoms with E-state index in [1.165, 1.54) is 0 Å². The molecule has 0 spiro atoms. The summed E-state index contributed by atoms with van der Waals surface area (Å²) in [7, 11) is 1.66. The molecule has 146 valence electrons. The van der Waals surface area contributed by atoms with Crippen LogP contribution in [0.15, 0.2) is 71.8 Å². The molecular formula is C23H18Cl2N2O2. The van der Waals surface area contributed by atoms with Crippen molar-refractivity contribution in [1.82, 2.24) is 5.01 Å². The molecule has 0 N–H and O–H groups in total. The molecule has 2 aliphatic heterocycles. The van der Waals surface area contributed by atoms with Gasteiger partial charge in [-0.05, 0) is 60.2 Å². The van der Waals surface area contributed by atoms with Gasteiger partial charge in [-0.15, -0.1) is 0 Å². The van der Waals surface area contributed by atoms with Gasteiger partial charge in [-0.1, -0.05) is 35.3 Å². The molecule has 0 fully saturated rings. The van der Waals surface area contributed by atoms with E-state index in [4.69, 9.17) is 37.8 Å². The summed E-state index contributed by atoms with van der Waals surface area (Å²) in [6, 6.07) is 21.5. The maximum absolute atomic E-state index is 6.36. The van der Waals surface area contributed by atoms with Gasteiger partial charge in [-0.2, -0.15) is 5.10 Å². The van der Waals surface area contributed by atoms with E-state index < -0.39 is 0 Å². The highest BCUT2D eigenvalue weighted by molar-refractivity contribution is 6.31. The Morgan fingerprint density at radius 1 is 0.966 bits per heavy atom. The number of hydrazone groups is 1. The van der Waals surface area contributed by atoms with Crippen LogP contribution in [-0.2, 0) is 0 Å². The molecule has 0 saturated heterocycles. The largest absolute Gasteiger partial charge is 0.497 e. The zero-order valence-corrected chi connectivity index (χ0v) is 17.2. The first-order valence-electron chi connectivity index (χ1n) is 9.34. The highest BCUT2D eigenvalue weighted by Crippen LogP contribution is 2.48. The second-order valence-corrected chi connectivity index (χ2v) is 7.95. The summed E-state index contributed by atoms with van der Waals surface area (Å²) in [4.78, 5) is 0. The van der Waals surface area contributed by atoms with Crippen LogP contribution in [0.1, 0.15) is 35.4 Å². The van der Waals surface area contributed by atoms with Crippen molar-refractivity contribution in [2.24, 2.45) is 5.10 Å². The minimum atomic E-state index is -0.329. The molecule has 0 aromatic heterocycles. The van der Waals surface area contributed by atoms with Gasteiger partial charge in [0, 0.05) is 27.6 Å². The van der Waals surface area contributed by atoms with Crippen molar-refractivity contribution < 1.29 is 9.47 Å². The van der Waals surface area contributed by atoms with Crippen molar-refractivity contribution in [3.8, 4) is 11.5 Å². The van der Waals surface area contributed by atoms with E-state index in [1.807, 2.05) is 71.7 Å². The third kappa shape index (κ3) is 3.33. The first-order chi connectivity index (χ1) is 14.1. The second-order valence-electron chi connectivity index (χ2n) is 7.08. The molecule has 29 heavy (non-hydrogen) atoms. The van der Waals surface area contributed by atoms with Crippen LogP contribution in [0.25, 0.3) is 0 Å². The smallest absolute Gasteiger partial charge is 0.213 e. The molecule has 2 heterocycles. The monoisotopic (exact) mass is 424 g/mol. The summed E-state index contributed by atoms with van der Waals surface area (Å²) in [5.41, 5.74) is 4.12. The van der Waals surface area contributed by atoms with E-state index in [-0.39, 0.29) is 12.3 Å². The van der Waals surface area contributed by atoms with Crippen molar-refractivity contribution in [2.75, 3.05) is 7.11 Å². The molecule has 0 aliphatic carbocycles. The molecule has 0 saturated carbocycles. The minimum absolute atomic E-state index is 0.0511. The van der Waals surface area contributed by atoms with Gasteiger partial charge in [-0.25, -0.2) is 5.01 Å². The number of benzene rings is 3. The lowest BCUT2D eigenvalue weighted by Gasteiger charge is -2.38. The van der Waals surface area contributed by atoms with E-state index >= 15 is 0 Å². The van der Waals surface area contributed by atoms with Crippen molar-refractivity contribution in [2.45, 2.75) is 18.7 Å². The Morgan fingerprint density at radius 2 is 1.69 bits per heavy atom. The number of methoxy groups -OCH3 is 1. The predicted molar refractivity (Wildman–Crippen MR) is 115 cm³/mol. The summed E-state index contributed by atoms with van der Waals surface area (Å²) >= 11 is 12.3. The van der Waals surface area contributed by atoms with E-state index in [9.17, 15) is 0 Å². The Balaban J connectivity index is 1.58. The standard InChI is InChI=1S/C23H18Cl2N2O2/c1-28-18-9-4-15(5-10-18)23-27-21(19-12-17(25)8-11-22(19)29-23)13-20(26-27)14-2-6-16(24)7-3-14/h2-12,21,23H,13H2,1H3/t21-,23+/m0/s1. The lowest BCUT2D eigenvalue weighted by molar-refractivity contribution is -0.0190. The Kier molecular flexibility index (Phi) is 4.61. The fraction of sp³-hybridized carbons (Fsp3) is 0.174. The number of rotatable bonds is 3. The fourth-order valence-electron chi connectivity index (χ4n) is 3.86. The second kappa shape index (κ2) is 7.29. The van der Waals surface area contributed by atoms with E-state index in [2.05, 4.69) is 0 Å². The molecule has 0 amide bonds. The van der Waals surface area contributed by atoms with Crippen LogP contribution in [-0.4, -0.2) is 17.8 Å². The first-order valence-corrected chi connectivity index (χ1v) is 10.1. The molecule has 5 rings (SSSR count). The van der Waals surface area contributed by atoms with Crippen LogP contribution in [0.3, 0.4) is 0 Å². The average Bonchev–Trinajstić information content (AvgIpc) is 3.20. The third-order valence-electron chi connectivity index (χ3n) is 5.33. The molecule has 0 bridgehead atoms. The van der Waals surface area contributed by atoms with Gasteiger partial charge in [0.1, 0.15) is 11.5 Å². The molecule has 2 atom stereocenters. The summed E-state index contributed by atoms with van der Waals surface area (Å²) in [5.74, 6) is 1.64. The fourth-order valence-corrected chi connectivity index (χ4v) is 4.17. The zero-order valence-electron chi connectivity index (χ0n) is 15.7. The van der Waals surface area contributed by atoms with E-state index in [0.29, 0.717) is 10.0 Å². The molecule has 2 aliphatic rings. The van der Waals surface area contributed by atoms with Crippen LogP contribution >= 0.6 is 23.2 Å². The van der Waals surface area contributed by atoms with E-state index in [0.717, 1.165) is 40.3 Å². The lowest BCUT2D eigenvalue weighted by atomic mass is 9.96. The number of hydrogen-bond acceptors (Lipinski definition) is 4. The third-order valence-corrected chi connectivity index (χ3v) is 5.82. The number of halogens is 2. The average molecular weight is 425 g/mol. The van der Waals surface area contributed by atoms with Crippen LogP contribution in [0.4, 0.5) is 0 Å². The maximum atomic E-state index is 6.36. The number of nitrogens with zero attached hydrogens (tertiary/aromatic N) is 2. The lowest BCUT2D eigenvalue weighted by Crippen LogP contribution is -2.33. The molecule has 6 heteroatoms. The summed E-state index contributed by atoms with van der Waals surface area (Å²) in [6.07, 6.45) is 0.440. The number of ether oxygens (including phenoxy) is 2. The normalized spacial score (nSPS) is 19.8. The minimum Gasteiger partial charge on any atom is -0.497 e. The zero-order chi connectivity index (χ0) is 20.0. The van der Waals surface area contributed by atoms with Gasteiger partial charge in [0.05, 0.1) is 18.9 Å². The van der Waals surface area contributed by atoms with Crippen LogP contribution in [0.2, 0.25) is 10.0 Å².